The molecule has 1 aromatic carbocycles. The summed E-state index contributed by atoms with van der Waals surface area (Å²) in [5, 5.41) is 16.6. The van der Waals surface area contributed by atoms with Crippen molar-refractivity contribution in [2.45, 2.75) is 12.8 Å². The van der Waals surface area contributed by atoms with E-state index >= 15 is 0 Å². The van der Waals surface area contributed by atoms with Crippen LogP contribution < -0.4 is 5.32 Å². The number of nitrogens with one attached hydrogen (secondary N) is 1. The van der Waals surface area contributed by atoms with Crippen LogP contribution in [0, 0.1) is 5.92 Å². The lowest BCUT2D eigenvalue weighted by atomic mass is 9.97. The van der Waals surface area contributed by atoms with Gasteiger partial charge < -0.3 is 10.4 Å². The smallest absolute Gasteiger partial charge is 0.127 e. The molecule has 1 atom stereocenters. The molecule has 3 heteroatoms. The number of hydrogen-bond donors (Lipinski definition) is 2. The van der Waals surface area contributed by atoms with Crippen LogP contribution >= 0.6 is 11.3 Å². The number of thiophene rings is 1. The summed E-state index contributed by atoms with van der Waals surface area (Å²) >= 11 is 1.68. The maximum atomic E-state index is 10.2. The number of rotatable bonds is 2. The molecular formula is C13H15NOS. The molecule has 2 nitrogen and oxygen atoms in total. The number of fused-ring (bicyclic) bond motifs is 1. The topological polar surface area (TPSA) is 32.3 Å². The molecule has 1 unspecified atom stereocenters. The fourth-order valence-electron chi connectivity index (χ4n) is 2.44. The molecule has 1 aliphatic rings. The third kappa shape index (κ3) is 1.70. The Morgan fingerprint density at radius 1 is 1.38 bits per heavy atom. The summed E-state index contributed by atoms with van der Waals surface area (Å²) in [5.74, 6) is 1.17. The van der Waals surface area contributed by atoms with Gasteiger partial charge in [-0.3, -0.25) is 0 Å². The van der Waals surface area contributed by atoms with Gasteiger partial charge in [-0.15, -0.1) is 11.3 Å². The molecule has 0 saturated carbocycles. The van der Waals surface area contributed by atoms with Crippen LogP contribution in [0.15, 0.2) is 23.6 Å². The fraction of sp³-hybridized carbons (Fsp3) is 0.385. The van der Waals surface area contributed by atoms with E-state index in [9.17, 15) is 5.11 Å². The molecule has 2 aromatic rings. The predicted molar refractivity (Wildman–Crippen MR) is 68.2 cm³/mol. The molecule has 84 valence electrons. The standard InChI is InChI=1S/C13H15NOS/c15-13-10(7-9-3-5-14-8-9)1-2-12-11(13)4-6-16-12/h1-2,4,6,9,14-15H,3,5,7-8H2. The molecule has 0 bridgehead atoms. The maximum Gasteiger partial charge on any atom is 0.127 e. The van der Waals surface area contributed by atoms with Crippen molar-refractivity contribution in [3.05, 3.63) is 29.1 Å². The molecule has 0 spiro atoms. The van der Waals surface area contributed by atoms with Crippen LogP contribution in [0.4, 0.5) is 0 Å². The minimum absolute atomic E-state index is 0.491. The van der Waals surface area contributed by atoms with Crippen LogP contribution in [0.5, 0.6) is 5.75 Å². The number of phenolic OH excluding ortho intramolecular Hbond substituents is 1. The van der Waals surface area contributed by atoms with Crippen LogP contribution in [0.25, 0.3) is 10.1 Å². The Kier molecular flexibility index (Phi) is 2.58. The number of benzene rings is 1. The Hall–Kier alpha value is -1.06. The SMILES string of the molecule is Oc1c(CC2CCNC2)ccc2sccc12. The Morgan fingerprint density at radius 3 is 3.12 bits per heavy atom. The molecule has 2 N–H and O–H groups in total. The first-order chi connectivity index (χ1) is 7.84. The molecule has 1 aliphatic heterocycles. The van der Waals surface area contributed by atoms with E-state index in [4.69, 9.17) is 0 Å². The molecule has 1 fully saturated rings. The molecular weight excluding hydrogens is 218 g/mol. The number of phenols is 1. The molecule has 0 amide bonds. The second-order valence-corrected chi connectivity index (χ2v) is 5.42. The lowest BCUT2D eigenvalue weighted by Gasteiger charge is -2.10. The van der Waals surface area contributed by atoms with Gasteiger partial charge in [0.1, 0.15) is 5.75 Å². The van der Waals surface area contributed by atoms with Gasteiger partial charge in [-0.2, -0.15) is 0 Å². The van der Waals surface area contributed by atoms with E-state index in [0.29, 0.717) is 11.7 Å². The lowest BCUT2D eigenvalue weighted by Crippen LogP contribution is -2.10. The van der Waals surface area contributed by atoms with Gasteiger partial charge in [0.25, 0.3) is 0 Å². The quantitative estimate of drug-likeness (QED) is 0.836. The average molecular weight is 233 g/mol. The Bertz CT molecular complexity index is 500. The van der Waals surface area contributed by atoms with Gasteiger partial charge in [0, 0.05) is 10.1 Å². The zero-order chi connectivity index (χ0) is 11.0. The first-order valence-corrected chi connectivity index (χ1v) is 6.61. The summed E-state index contributed by atoms with van der Waals surface area (Å²) in [7, 11) is 0. The van der Waals surface area contributed by atoms with Crippen LogP contribution in [0.2, 0.25) is 0 Å². The van der Waals surface area contributed by atoms with Gasteiger partial charge in [-0.1, -0.05) is 6.07 Å². The van der Waals surface area contributed by atoms with Crippen molar-refractivity contribution in [2.75, 3.05) is 13.1 Å². The first kappa shape index (κ1) is 10.1. The molecule has 1 saturated heterocycles. The van der Waals surface area contributed by atoms with Crippen molar-refractivity contribution in [2.24, 2.45) is 5.92 Å². The van der Waals surface area contributed by atoms with Crippen LogP contribution in [0.3, 0.4) is 0 Å². The van der Waals surface area contributed by atoms with E-state index in [1.165, 1.54) is 11.1 Å². The second kappa shape index (κ2) is 4.07. The van der Waals surface area contributed by atoms with Gasteiger partial charge in [0.2, 0.25) is 0 Å². The monoisotopic (exact) mass is 233 g/mol. The molecule has 2 heterocycles. The Labute approximate surface area is 98.9 Å². The van der Waals surface area contributed by atoms with Crippen molar-refractivity contribution >= 4 is 21.4 Å². The van der Waals surface area contributed by atoms with Crippen molar-refractivity contribution in [3.8, 4) is 5.75 Å². The molecule has 3 rings (SSSR count). The van der Waals surface area contributed by atoms with E-state index in [1.54, 1.807) is 11.3 Å². The van der Waals surface area contributed by atoms with Crippen molar-refractivity contribution in [3.63, 3.8) is 0 Å². The van der Waals surface area contributed by atoms with E-state index < -0.39 is 0 Å². The summed E-state index contributed by atoms with van der Waals surface area (Å²) in [6.07, 6.45) is 2.21. The highest BCUT2D eigenvalue weighted by molar-refractivity contribution is 7.17. The summed E-state index contributed by atoms with van der Waals surface area (Å²) in [4.78, 5) is 0. The molecule has 0 aliphatic carbocycles. The van der Waals surface area contributed by atoms with Crippen LogP contribution in [-0.2, 0) is 6.42 Å². The first-order valence-electron chi connectivity index (χ1n) is 5.73. The molecule has 16 heavy (non-hydrogen) atoms. The van der Waals surface area contributed by atoms with Gasteiger partial charge in [-0.05, 0) is 54.9 Å². The van der Waals surface area contributed by atoms with E-state index in [-0.39, 0.29) is 0 Å². The van der Waals surface area contributed by atoms with Crippen molar-refractivity contribution < 1.29 is 5.11 Å². The largest absolute Gasteiger partial charge is 0.507 e. The van der Waals surface area contributed by atoms with Gasteiger partial charge >= 0.3 is 0 Å². The summed E-state index contributed by atoms with van der Waals surface area (Å²) in [6, 6.07) is 6.20. The minimum atomic E-state index is 0.491. The Morgan fingerprint density at radius 2 is 2.31 bits per heavy atom. The summed E-state index contributed by atoms with van der Waals surface area (Å²) in [6.45, 7) is 2.20. The Balaban J connectivity index is 1.93. The number of hydrogen-bond acceptors (Lipinski definition) is 3. The highest BCUT2D eigenvalue weighted by Gasteiger charge is 2.17. The minimum Gasteiger partial charge on any atom is -0.507 e. The maximum absolute atomic E-state index is 10.2. The van der Waals surface area contributed by atoms with Gasteiger partial charge in [0.15, 0.2) is 0 Å². The zero-order valence-electron chi connectivity index (χ0n) is 9.07. The fourth-order valence-corrected chi connectivity index (χ4v) is 3.23. The highest BCUT2D eigenvalue weighted by atomic mass is 32.1. The predicted octanol–water partition coefficient (Wildman–Crippen LogP) is 2.76. The third-order valence-corrected chi connectivity index (χ3v) is 4.24. The van der Waals surface area contributed by atoms with E-state index in [1.807, 2.05) is 11.4 Å². The zero-order valence-corrected chi connectivity index (χ0v) is 9.89. The average Bonchev–Trinajstić information content (AvgIpc) is 2.93. The van der Waals surface area contributed by atoms with Crippen LogP contribution in [-0.4, -0.2) is 18.2 Å². The van der Waals surface area contributed by atoms with Crippen molar-refractivity contribution in [1.82, 2.24) is 5.32 Å². The summed E-state index contributed by atoms with van der Waals surface area (Å²) < 4.78 is 1.17. The van der Waals surface area contributed by atoms with E-state index in [0.717, 1.165) is 30.5 Å². The van der Waals surface area contributed by atoms with Crippen molar-refractivity contribution in [1.29, 1.82) is 0 Å². The van der Waals surface area contributed by atoms with Crippen LogP contribution in [0.1, 0.15) is 12.0 Å². The van der Waals surface area contributed by atoms with E-state index in [2.05, 4.69) is 17.4 Å². The number of aromatic hydroxyl groups is 1. The normalized spacial score (nSPS) is 20.6. The second-order valence-electron chi connectivity index (χ2n) is 4.47. The molecule has 0 radical (unpaired) electrons. The van der Waals surface area contributed by atoms with Gasteiger partial charge in [0.05, 0.1) is 0 Å². The third-order valence-electron chi connectivity index (χ3n) is 3.36. The van der Waals surface area contributed by atoms with Gasteiger partial charge in [-0.25, -0.2) is 0 Å². The lowest BCUT2D eigenvalue weighted by molar-refractivity contribution is 0.465. The molecule has 1 aromatic heterocycles. The highest BCUT2D eigenvalue weighted by Crippen LogP contribution is 2.33. The summed E-state index contributed by atoms with van der Waals surface area (Å²) in [5.41, 5.74) is 1.10.